The predicted octanol–water partition coefficient (Wildman–Crippen LogP) is 6.71. The summed E-state index contributed by atoms with van der Waals surface area (Å²) >= 11 is 7.69. The zero-order valence-corrected chi connectivity index (χ0v) is 21.9. The number of hydrazone groups is 1. The van der Waals surface area contributed by atoms with Gasteiger partial charge in [-0.3, -0.25) is 4.79 Å². The molecule has 39 heavy (non-hydrogen) atoms. The Morgan fingerprint density at radius 3 is 2.05 bits per heavy atom. The highest BCUT2D eigenvalue weighted by Crippen LogP contribution is 2.36. The summed E-state index contributed by atoms with van der Waals surface area (Å²) in [6.45, 7) is 0. The second-order valence-electron chi connectivity index (χ2n) is 8.10. The molecule has 0 spiro atoms. The summed E-state index contributed by atoms with van der Waals surface area (Å²) in [7, 11) is 0. The van der Waals surface area contributed by atoms with Gasteiger partial charge in [-0.1, -0.05) is 78.3 Å². The summed E-state index contributed by atoms with van der Waals surface area (Å²) in [5, 5.41) is 5.18. The molecule has 1 aromatic heterocycles. The lowest BCUT2D eigenvalue weighted by molar-refractivity contribution is -0.140. The summed E-state index contributed by atoms with van der Waals surface area (Å²) in [5.41, 5.74) is 2.90. The zero-order valence-electron chi connectivity index (χ0n) is 20.3. The topological polar surface area (TPSA) is 86.2 Å². The Bertz CT molecular complexity index is 1580. The van der Waals surface area contributed by atoms with E-state index in [0.29, 0.717) is 27.0 Å². The van der Waals surface area contributed by atoms with Gasteiger partial charge in [-0.25, -0.2) is 10.2 Å². The van der Waals surface area contributed by atoms with Gasteiger partial charge in [0.2, 0.25) is 0 Å². The summed E-state index contributed by atoms with van der Waals surface area (Å²) in [5.74, 6) is -0.0553. The van der Waals surface area contributed by atoms with E-state index in [1.54, 1.807) is 72.8 Å². The lowest BCUT2D eigenvalue weighted by Gasteiger charge is -2.18. The Kier molecular flexibility index (Phi) is 8.16. The number of hydrogen-bond donors (Lipinski definition) is 1. The third-order valence-electron chi connectivity index (χ3n) is 5.41. The van der Waals surface area contributed by atoms with Gasteiger partial charge in [-0.05, 0) is 42.5 Å². The average Bonchev–Trinajstić information content (AvgIpc) is 3.31. The maximum Gasteiger partial charge on any atom is 0.355 e. The number of thiophene rings is 1. The number of amides is 1. The first kappa shape index (κ1) is 26.0. The lowest BCUT2D eigenvalue weighted by atomic mass is 10.2. The molecule has 0 fully saturated rings. The van der Waals surface area contributed by atoms with E-state index in [-0.39, 0.29) is 5.75 Å². The highest BCUT2D eigenvalue weighted by atomic mass is 35.5. The highest BCUT2D eigenvalue weighted by molar-refractivity contribution is 7.21. The fourth-order valence-corrected chi connectivity index (χ4v) is 4.95. The minimum Gasteiger partial charge on any atom is -0.446 e. The van der Waals surface area contributed by atoms with Crippen LogP contribution >= 0.6 is 22.9 Å². The molecule has 0 aliphatic rings. The first-order chi connectivity index (χ1) is 19.1. The van der Waals surface area contributed by atoms with Gasteiger partial charge in [-0.15, -0.1) is 11.3 Å². The molecule has 0 saturated heterocycles. The summed E-state index contributed by atoms with van der Waals surface area (Å²) < 4.78 is 18.0. The van der Waals surface area contributed by atoms with E-state index < -0.39 is 18.2 Å². The molecular formula is C30H21ClN2O5S. The number of fused-ring (bicyclic) bond motifs is 1. The van der Waals surface area contributed by atoms with Crippen molar-refractivity contribution in [3.05, 3.63) is 125 Å². The van der Waals surface area contributed by atoms with Crippen LogP contribution in [0.4, 0.5) is 0 Å². The predicted molar refractivity (Wildman–Crippen MR) is 152 cm³/mol. The van der Waals surface area contributed by atoms with Crippen molar-refractivity contribution in [1.29, 1.82) is 0 Å². The molecule has 0 atom stereocenters. The Labute approximate surface area is 233 Å². The average molecular weight is 557 g/mol. The van der Waals surface area contributed by atoms with Gasteiger partial charge >= 0.3 is 18.2 Å². The van der Waals surface area contributed by atoms with Crippen molar-refractivity contribution in [1.82, 2.24) is 5.43 Å². The lowest BCUT2D eigenvalue weighted by Crippen LogP contribution is -2.40. The highest BCUT2D eigenvalue weighted by Gasteiger charge is 2.23. The Hall–Kier alpha value is -4.66. The fourth-order valence-electron chi connectivity index (χ4n) is 3.57. The standard InChI is InChI=1S/C30H21ClN2O5S/c31-26-23-16-8-10-18-25(23)39-27(26)29(35)38-24-17-9-7-11-20(24)19-32-33-28(34)30(36-21-12-3-1-4-13-21)37-22-14-5-2-6-15-22/h1-19,30H,(H,33,34). The quantitative estimate of drug-likeness (QED) is 0.0717. The number of hydrogen-bond acceptors (Lipinski definition) is 7. The summed E-state index contributed by atoms with van der Waals surface area (Å²) in [6.07, 6.45) is 0.0601. The Morgan fingerprint density at radius 2 is 1.38 bits per heavy atom. The van der Waals surface area contributed by atoms with Crippen LogP contribution in [0.15, 0.2) is 114 Å². The molecule has 9 heteroatoms. The summed E-state index contributed by atoms with van der Waals surface area (Å²) in [4.78, 5) is 26.2. The smallest absolute Gasteiger partial charge is 0.355 e. The van der Waals surface area contributed by atoms with Crippen molar-refractivity contribution in [2.45, 2.75) is 6.29 Å². The van der Waals surface area contributed by atoms with E-state index in [4.69, 9.17) is 25.8 Å². The maximum absolute atomic E-state index is 12.9. The number of nitrogens with zero attached hydrogens (tertiary/aromatic N) is 1. The second kappa shape index (κ2) is 12.3. The minimum absolute atomic E-state index is 0.256. The van der Waals surface area contributed by atoms with Crippen LogP contribution in [0.3, 0.4) is 0 Å². The van der Waals surface area contributed by atoms with E-state index in [2.05, 4.69) is 10.5 Å². The molecule has 1 amide bonds. The van der Waals surface area contributed by atoms with Gasteiger partial charge < -0.3 is 14.2 Å². The van der Waals surface area contributed by atoms with Gasteiger partial charge in [-0.2, -0.15) is 5.10 Å². The van der Waals surface area contributed by atoms with Gasteiger partial charge in [0, 0.05) is 15.6 Å². The van der Waals surface area contributed by atoms with E-state index in [1.807, 2.05) is 36.4 Å². The van der Waals surface area contributed by atoms with E-state index in [0.717, 1.165) is 10.1 Å². The molecule has 1 N–H and O–H groups in total. The van der Waals surface area contributed by atoms with Crippen LogP contribution in [0.1, 0.15) is 15.2 Å². The third kappa shape index (κ3) is 6.43. The van der Waals surface area contributed by atoms with Gasteiger partial charge in [0.25, 0.3) is 0 Å². The molecular weight excluding hydrogens is 536 g/mol. The number of para-hydroxylation sites is 3. The third-order valence-corrected chi connectivity index (χ3v) is 7.06. The SMILES string of the molecule is O=C(Oc1ccccc1C=NNC(=O)C(Oc1ccccc1)Oc1ccccc1)c1sc2ccccc2c1Cl. The molecule has 0 unspecified atom stereocenters. The Morgan fingerprint density at radius 1 is 0.795 bits per heavy atom. The van der Waals surface area contributed by atoms with Crippen molar-refractivity contribution >= 4 is 51.1 Å². The van der Waals surface area contributed by atoms with Crippen LogP contribution in [-0.2, 0) is 4.79 Å². The Balaban J connectivity index is 1.29. The van der Waals surface area contributed by atoms with Gasteiger partial charge in [0.05, 0.1) is 11.2 Å². The first-order valence-corrected chi connectivity index (χ1v) is 13.0. The number of benzene rings is 4. The second-order valence-corrected chi connectivity index (χ2v) is 9.53. The minimum atomic E-state index is -1.31. The molecule has 194 valence electrons. The monoisotopic (exact) mass is 556 g/mol. The molecule has 5 aromatic rings. The van der Waals surface area contributed by atoms with Crippen LogP contribution in [0.2, 0.25) is 5.02 Å². The van der Waals surface area contributed by atoms with Crippen molar-refractivity contribution in [3.63, 3.8) is 0 Å². The molecule has 0 radical (unpaired) electrons. The number of halogens is 1. The van der Waals surface area contributed by atoms with Gasteiger partial charge in [0.1, 0.15) is 22.1 Å². The molecule has 0 saturated carbocycles. The molecule has 0 aliphatic heterocycles. The van der Waals surface area contributed by atoms with E-state index >= 15 is 0 Å². The number of ether oxygens (including phenoxy) is 3. The zero-order chi connectivity index (χ0) is 27.0. The normalized spacial score (nSPS) is 11.0. The molecule has 0 bridgehead atoms. The summed E-state index contributed by atoms with van der Waals surface area (Å²) in [6, 6.07) is 32.0. The molecule has 1 heterocycles. The number of esters is 1. The molecule has 0 aliphatic carbocycles. The number of carbonyl (C=O) groups is 2. The maximum atomic E-state index is 12.9. The fraction of sp³-hybridized carbons (Fsp3) is 0.0333. The van der Waals surface area contributed by atoms with Crippen LogP contribution in [0.5, 0.6) is 17.2 Å². The first-order valence-electron chi connectivity index (χ1n) is 11.8. The van der Waals surface area contributed by atoms with E-state index in [1.165, 1.54) is 17.6 Å². The molecule has 4 aromatic carbocycles. The van der Waals surface area contributed by atoms with Crippen molar-refractivity contribution in [3.8, 4) is 17.2 Å². The van der Waals surface area contributed by atoms with Crippen molar-refractivity contribution in [2.75, 3.05) is 0 Å². The van der Waals surface area contributed by atoms with Crippen LogP contribution < -0.4 is 19.6 Å². The largest absolute Gasteiger partial charge is 0.446 e. The number of rotatable bonds is 9. The van der Waals surface area contributed by atoms with Crippen LogP contribution in [0, 0.1) is 0 Å². The van der Waals surface area contributed by atoms with Crippen molar-refractivity contribution < 1.29 is 23.8 Å². The van der Waals surface area contributed by atoms with Crippen LogP contribution in [0.25, 0.3) is 10.1 Å². The van der Waals surface area contributed by atoms with Crippen LogP contribution in [-0.4, -0.2) is 24.4 Å². The van der Waals surface area contributed by atoms with Gasteiger partial charge in [0.15, 0.2) is 0 Å². The number of nitrogens with one attached hydrogen (secondary N) is 1. The molecule has 5 rings (SSSR count). The molecule has 7 nitrogen and oxygen atoms in total. The van der Waals surface area contributed by atoms with E-state index in [9.17, 15) is 9.59 Å². The van der Waals surface area contributed by atoms with Crippen molar-refractivity contribution in [2.24, 2.45) is 5.10 Å². The number of carbonyl (C=O) groups excluding carboxylic acids is 2.